The number of esters is 2. The number of fused-ring (bicyclic) bond motifs is 1. The second-order valence-corrected chi connectivity index (χ2v) is 30.3. The lowest BCUT2D eigenvalue weighted by atomic mass is 10.1. The molecule has 0 unspecified atom stereocenters. The molecule has 0 bridgehead atoms. The molecule has 5 amide bonds. The summed E-state index contributed by atoms with van der Waals surface area (Å²) < 4.78 is 20.6. The van der Waals surface area contributed by atoms with E-state index in [0.717, 1.165) is 73.6 Å². The third kappa shape index (κ3) is 37.7. The number of hydrogen-bond donors (Lipinski definition) is 5. The normalized spacial score (nSPS) is 11.5. The van der Waals surface area contributed by atoms with Crippen molar-refractivity contribution in [1.29, 1.82) is 26.3 Å². The number of amides is 5. The Morgan fingerprint density at radius 1 is 0.336 bits per heavy atom. The van der Waals surface area contributed by atoms with E-state index in [1.165, 1.54) is 73.1 Å². The molecule has 24 nitrogen and oxygen atoms in total. The van der Waals surface area contributed by atoms with Crippen LogP contribution in [0, 0.1) is 77.4 Å². The maximum Gasteiger partial charge on any atom is 0.308 e. The van der Waals surface area contributed by atoms with Gasteiger partial charge < -0.3 is 60.2 Å². The summed E-state index contributed by atoms with van der Waals surface area (Å²) in [5.74, 6) is -1.49. The average molecular weight is 1790 g/mol. The number of allylic oxidation sites excluding steroid dienone is 10. The van der Waals surface area contributed by atoms with Crippen LogP contribution < -0.4 is 60.2 Å². The van der Waals surface area contributed by atoms with Gasteiger partial charge in [-0.3, -0.25) is 33.6 Å². The van der Waals surface area contributed by atoms with Crippen molar-refractivity contribution in [3.05, 3.63) is 404 Å². The van der Waals surface area contributed by atoms with E-state index in [-0.39, 0.29) is 63.9 Å². The minimum absolute atomic E-state index is 0.0490. The van der Waals surface area contributed by atoms with E-state index in [9.17, 15) is 54.6 Å². The van der Waals surface area contributed by atoms with Crippen LogP contribution in [0.3, 0.4) is 0 Å². The molecule has 0 saturated heterocycles. The topological polar surface area (TPSA) is 345 Å². The summed E-state index contributed by atoms with van der Waals surface area (Å²) in [6, 6.07) is 86.7. The second-order valence-electron chi connectivity index (χ2n) is 30.3. The zero-order chi connectivity index (χ0) is 96.9. The summed E-state index contributed by atoms with van der Waals surface area (Å²) in [5.41, 5.74) is 16.7. The lowest BCUT2D eigenvalue weighted by Crippen LogP contribution is -2.26. The van der Waals surface area contributed by atoms with E-state index in [4.69, 9.17) is 24.2 Å². The average Bonchev–Trinajstić information content (AvgIpc) is 1.68. The molecule has 0 aliphatic carbocycles. The van der Waals surface area contributed by atoms with Crippen LogP contribution in [0.1, 0.15) is 86.2 Å². The highest BCUT2D eigenvalue weighted by atomic mass is 16.7. The first kappa shape index (κ1) is 103. The van der Waals surface area contributed by atoms with Crippen molar-refractivity contribution in [2.24, 2.45) is 0 Å². The third-order valence-corrected chi connectivity index (χ3v) is 19.3. The van der Waals surface area contributed by atoms with E-state index in [2.05, 4.69) is 32.7 Å². The Morgan fingerprint density at radius 2 is 0.679 bits per heavy atom. The van der Waals surface area contributed by atoms with Crippen LogP contribution in [0.25, 0.3) is 30.4 Å². The van der Waals surface area contributed by atoms with Crippen molar-refractivity contribution in [2.75, 3.05) is 70.3 Å². The molecule has 0 atom stereocenters. The van der Waals surface area contributed by atoms with Crippen LogP contribution >= 0.6 is 0 Å². The first-order valence-electron chi connectivity index (χ1n) is 42.4. The van der Waals surface area contributed by atoms with Crippen LogP contribution in [0.5, 0.6) is 23.0 Å². The van der Waals surface area contributed by atoms with E-state index >= 15 is 0 Å². The number of nitrogens with one attached hydrogen (secondary N) is 5. The molecule has 0 saturated carbocycles. The lowest BCUT2D eigenvalue weighted by Gasteiger charge is -2.11. The summed E-state index contributed by atoms with van der Waals surface area (Å²) in [4.78, 5) is 89.2. The van der Waals surface area contributed by atoms with Crippen LogP contribution in [-0.4, -0.2) is 97.1 Å². The standard InChI is InChI=1S/C23H25N3O.C23H20N2O5.2C22H23N3O.C20H16N2O3/c1-18-6-4-8-20(16-18)14-15-25-23(27)21(17-24)9-5-7-19-10-12-22(13-11-19)26(2)3;1-16(26)29-21-12-11-18(13-22(21)30-17(2)27)9-6-10-20(14-24)23(28)25-15-19-7-4-3-5-8-19;1-17-7-4-5-9-20(17)16-24-22(26)19(15-23)10-6-8-18-11-13-21(14-12-18)25(2)3;1-17-7-9-19(10-8-17)16-24-22(26)20(15-23)6-4-5-18-11-13-21(14-12-18)25(2)3;21-12-17(20(23)22-13-16-5-2-1-3-6-16)8-4-7-15-9-10-18-19(11-15)25-14-24-18/h4-13,16H,14-15H2,1-3H3,(H,25,27);3-13H,15H2,1-2H3,(H,25,28);2*4-14H,16H2,1-3H3,(H,24,26);1-11H,13-14H2,(H,22,23)/b7-5+,21-9+;9-6+,20-10+;8-6+,19-10+;5-4+,20-6+;7-4+,17-8+. The Morgan fingerprint density at radius 3 is 1.07 bits per heavy atom. The van der Waals surface area contributed by atoms with Gasteiger partial charge in [-0.15, -0.1) is 0 Å². The highest BCUT2D eigenvalue weighted by Gasteiger charge is 2.17. The fourth-order valence-electron chi connectivity index (χ4n) is 12.0. The van der Waals surface area contributed by atoms with E-state index in [1.807, 2.05) is 345 Å². The molecule has 678 valence electrons. The number of anilines is 3. The number of carbonyl (C=O) groups is 7. The molecular formula is C110H107N13O11. The molecule has 1 heterocycles. The number of nitriles is 5. The second kappa shape index (κ2) is 56.5. The number of aryl methyl sites for hydroxylation is 3. The molecule has 5 N–H and O–H groups in total. The van der Waals surface area contributed by atoms with Gasteiger partial charge in [0.15, 0.2) is 23.0 Å². The summed E-state index contributed by atoms with van der Waals surface area (Å²) in [6.45, 7) is 10.7. The van der Waals surface area contributed by atoms with E-state index in [0.29, 0.717) is 49.8 Å². The minimum atomic E-state index is -0.564. The molecule has 0 spiro atoms. The van der Waals surface area contributed by atoms with E-state index < -0.39 is 23.8 Å². The van der Waals surface area contributed by atoms with Gasteiger partial charge in [-0.25, -0.2) is 0 Å². The number of nitrogens with zero attached hydrogens (tertiary/aromatic N) is 8. The molecule has 0 aromatic heterocycles. The molecule has 0 radical (unpaired) electrons. The number of benzene rings is 10. The molecule has 24 heteroatoms. The molecule has 10 aromatic rings. The van der Waals surface area contributed by atoms with Gasteiger partial charge in [0.25, 0.3) is 29.5 Å². The summed E-state index contributed by atoms with van der Waals surface area (Å²) in [6.07, 6.45) is 25.6. The molecule has 11 rings (SSSR count). The van der Waals surface area contributed by atoms with E-state index in [1.54, 1.807) is 48.6 Å². The van der Waals surface area contributed by atoms with Crippen molar-refractivity contribution in [2.45, 2.75) is 67.2 Å². The Labute approximate surface area is 784 Å². The van der Waals surface area contributed by atoms with Gasteiger partial charge in [-0.05, 0) is 179 Å². The number of ether oxygens (including phenoxy) is 4. The maximum absolute atomic E-state index is 12.2. The van der Waals surface area contributed by atoms with Crippen LogP contribution in [0.4, 0.5) is 17.1 Å². The summed E-state index contributed by atoms with van der Waals surface area (Å²) >= 11 is 0. The Balaban J connectivity index is 0.000000229. The van der Waals surface area contributed by atoms with Gasteiger partial charge in [0, 0.05) is 106 Å². The Bertz CT molecular complexity index is 6230. The number of hydrogen-bond acceptors (Lipinski definition) is 19. The van der Waals surface area contributed by atoms with Crippen molar-refractivity contribution in [3.8, 4) is 53.3 Å². The van der Waals surface area contributed by atoms with Gasteiger partial charge in [0.05, 0.1) is 0 Å². The summed E-state index contributed by atoms with van der Waals surface area (Å²) in [7, 11) is 11.9. The Hall–Kier alpha value is -17.7. The fraction of sp³-hybridized carbons (Fsp3) is 0.164. The molecular weight excluding hydrogens is 1680 g/mol. The van der Waals surface area contributed by atoms with Crippen LogP contribution in [-0.2, 0) is 66.2 Å². The monoisotopic (exact) mass is 1790 g/mol. The minimum Gasteiger partial charge on any atom is -0.454 e. The van der Waals surface area contributed by atoms with Gasteiger partial charge in [-0.1, -0.05) is 254 Å². The quantitative estimate of drug-likeness (QED) is 0.00886. The predicted octanol–water partition coefficient (Wildman–Crippen LogP) is 18.1. The maximum atomic E-state index is 12.2. The zero-order valence-electron chi connectivity index (χ0n) is 76.8. The molecule has 0 fully saturated rings. The zero-order valence-corrected chi connectivity index (χ0v) is 76.8. The molecule has 134 heavy (non-hydrogen) atoms. The lowest BCUT2D eigenvalue weighted by molar-refractivity contribution is -0.134. The van der Waals surface area contributed by atoms with Crippen LogP contribution in [0.2, 0.25) is 0 Å². The third-order valence-electron chi connectivity index (χ3n) is 19.3. The molecule has 10 aromatic carbocycles. The SMILES string of the molecule is CC(=O)Oc1ccc(/C=C/C=C(\C#N)C(=O)NCc2ccccc2)cc1OC(C)=O.Cc1ccc(CNC(=O)/C(C#N)=C/C=C/c2ccc(N(C)C)cc2)cc1.Cc1cccc(CCNC(=O)/C(C#N)=C/C=C/c2ccc(N(C)C)cc2)c1.Cc1ccccc1CNC(=O)/C(C#N)=C/C=C/c1ccc(N(C)C)cc1.N#C/C(=C\C=C\c1ccc2c(c1)OCO2)C(=O)NCc1ccccc1. The number of carbonyl (C=O) groups excluding carboxylic acids is 7. The molecule has 1 aliphatic rings. The molecule has 1 aliphatic heterocycles. The van der Waals surface area contributed by atoms with Crippen molar-refractivity contribution in [1.82, 2.24) is 26.6 Å². The first-order chi connectivity index (χ1) is 64.6. The largest absolute Gasteiger partial charge is 0.454 e. The summed E-state index contributed by atoms with van der Waals surface area (Å²) in [5, 5.41) is 59.8. The van der Waals surface area contributed by atoms with Crippen molar-refractivity contribution < 1.29 is 52.5 Å². The van der Waals surface area contributed by atoms with Gasteiger partial charge >= 0.3 is 11.9 Å². The first-order valence-corrected chi connectivity index (χ1v) is 42.4. The highest BCUT2D eigenvalue weighted by Crippen LogP contribution is 2.33. The van der Waals surface area contributed by atoms with Gasteiger partial charge in [0.1, 0.15) is 58.2 Å². The highest BCUT2D eigenvalue weighted by molar-refractivity contribution is 6.00. The van der Waals surface area contributed by atoms with Crippen LogP contribution in [0.15, 0.2) is 331 Å². The Kier molecular flexibility index (Phi) is 43.6. The smallest absolute Gasteiger partial charge is 0.308 e. The van der Waals surface area contributed by atoms with Gasteiger partial charge in [0.2, 0.25) is 6.79 Å². The predicted molar refractivity (Wildman–Crippen MR) is 528 cm³/mol. The van der Waals surface area contributed by atoms with Gasteiger partial charge in [-0.2, -0.15) is 26.3 Å². The fourth-order valence-corrected chi connectivity index (χ4v) is 12.0. The number of rotatable bonds is 31. The van der Waals surface area contributed by atoms with Crippen molar-refractivity contribution >= 4 is 88.9 Å². The van der Waals surface area contributed by atoms with Crippen molar-refractivity contribution in [3.63, 3.8) is 0 Å².